The number of nitrogens with zero attached hydrogens (tertiary/aromatic N) is 3. The van der Waals surface area contributed by atoms with Crippen LogP contribution >= 0.6 is 0 Å². The van der Waals surface area contributed by atoms with Gasteiger partial charge in [-0.15, -0.1) is 0 Å². The Morgan fingerprint density at radius 3 is 2.68 bits per heavy atom. The summed E-state index contributed by atoms with van der Waals surface area (Å²) >= 11 is 0. The average molecular weight is 272 g/mol. The fourth-order valence-corrected chi connectivity index (χ4v) is 2.41. The van der Waals surface area contributed by atoms with Crippen LogP contribution in [0.1, 0.15) is 12.6 Å². The van der Waals surface area contributed by atoms with E-state index >= 15 is 0 Å². The van der Waals surface area contributed by atoms with Gasteiger partial charge in [0.05, 0.1) is 23.9 Å². The molecule has 0 amide bonds. The van der Waals surface area contributed by atoms with E-state index < -0.39 is 9.04 Å². The number of para-hydroxylation sites is 2. The number of aromatic nitrogens is 2. The van der Waals surface area contributed by atoms with Crippen LogP contribution in [0.5, 0.6) is 5.75 Å². The van der Waals surface area contributed by atoms with Crippen molar-refractivity contribution in [3.63, 3.8) is 0 Å². The highest BCUT2D eigenvalue weighted by Crippen LogP contribution is 2.28. The van der Waals surface area contributed by atoms with E-state index in [9.17, 15) is 0 Å². The third-order valence-electron chi connectivity index (χ3n) is 2.65. The van der Waals surface area contributed by atoms with Gasteiger partial charge in [0, 0.05) is 7.05 Å². The number of benzene rings is 1. The van der Waals surface area contributed by atoms with Gasteiger partial charge in [0.1, 0.15) is 11.4 Å². The van der Waals surface area contributed by atoms with Crippen LogP contribution in [0.2, 0.25) is 13.1 Å². The van der Waals surface area contributed by atoms with Crippen LogP contribution in [0.15, 0.2) is 41.8 Å². The maximum absolute atomic E-state index is 5.87. The topological polar surface area (TPSA) is 39.4 Å². The summed E-state index contributed by atoms with van der Waals surface area (Å²) in [5, 5.41) is 0. The lowest BCUT2D eigenvalue weighted by Gasteiger charge is -2.11. The van der Waals surface area contributed by atoms with E-state index in [-0.39, 0.29) is 0 Å². The van der Waals surface area contributed by atoms with Crippen molar-refractivity contribution in [3.8, 4) is 5.75 Å². The average Bonchev–Trinajstić information content (AvgIpc) is 2.77. The van der Waals surface area contributed by atoms with E-state index in [1.165, 1.54) is 0 Å². The van der Waals surface area contributed by atoms with Crippen LogP contribution in [0.4, 0.5) is 5.69 Å². The van der Waals surface area contributed by atoms with Crippen molar-refractivity contribution in [2.45, 2.75) is 20.0 Å². The van der Waals surface area contributed by atoms with Gasteiger partial charge >= 0.3 is 0 Å². The Morgan fingerprint density at radius 2 is 2.05 bits per heavy atom. The summed E-state index contributed by atoms with van der Waals surface area (Å²) in [4.78, 5) is 8.77. The molecule has 0 aliphatic carbocycles. The molecule has 0 aliphatic heterocycles. The van der Waals surface area contributed by atoms with Crippen LogP contribution in [0.3, 0.4) is 0 Å². The first-order valence-corrected chi connectivity index (χ1v) is 8.58. The van der Waals surface area contributed by atoms with Crippen molar-refractivity contribution in [2.75, 3.05) is 0 Å². The molecule has 4 nitrogen and oxygen atoms in total. The molecule has 1 radical (unpaired) electrons. The molecule has 2 rings (SSSR count). The normalized spacial score (nSPS) is 11.9. The van der Waals surface area contributed by atoms with Crippen LogP contribution < -0.4 is 4.43 Å². The minimum absolute atomic E-state index is 0.792. The summed E-state index contributed by atoms with van der Waals surface area (Å²) in [5.41, 5.74) is 2.80. The molecule has 0 bridgehead atoms. The van der Waals surface area contributed by atoms with Crippen molar-refractivity contribution >= 4 is 20.4 Å². The molecule has 0 saturated carbocycles. The zero-order valence-corrected chi connectivity index (χ0v) is 12.7. The molecule has 0 N–H and O–H groups in total. The van der Waals surface area contributed by atoms with E-state index in [4.69, 9.17) is 4.43 Å². The smallest absolute Gasteiger partial charge is 0.274 e. The molecule has 0 saturated heterocycles. The Balaban J connectivity index is 2.35. The molecule has 5 heteroatoms. The minimum atomic E-state index is -0.792. The molecule has 99 valence electrons. The van der Waals surface area contributed by atoms with Crippen LogP contribution in [-0.2, 0) is 7.05 Å². The number of aryl methyl sites for hydroxylation is 1. The van der Waals surface area contributed by atoms with Crippen molar-refractivity contribution in [1.82, 2.24) is 9.55 Å². The van der Waals surface area contributed by atoms with Gasteiger partial charge in [0.15, 0.2) is 0 Å². The van der Waals surface area contributed by atoms with Crippen molar-refractivity contribution in [2.24, 2.45) is 12.0 Å². The second-order valence-corrected chi connectivity index (χ2v) is 6.59. The SMILES string of the molecule is CC(=Nc1ccccc1O[Si](C)C)c1cncn1C. The Labute approximate surface area is 115 Å². The van der Waals surface area contributed by atoms with Crippen LogP contribution in [-0.4, -0.2) is 24.3 Å². The lowest BCUT2D eigenvalue weighted by Crippen LogP contribution is -2.11. The third kappa shape index (κ3) is 3.32. The monoisotopic (exact) mass is 272 g/mol. The molecular formula is C14H18N3OSi. The van der Waals surface area contributed by atoms with Crippen LogP contribution in [0, 0.1) is 0 Å². The second-order valence-electron chi connectivity index (χ2n) is 4.57. The number of aliphatic imine (C=N–C) groups is 1. The molecule has 0 unspecified atom stereocenters. The molecule has 1 heterocycles. The first kappa shape index (κ1) is 13.5. The Morgan fingerprint density at radius 1 is 1.32 bits per heavy atom. The Hall–Kier alpha value is -1.88. The summed E-state index contributed by atoms with van der Waals surface area (Å²) < 4.78 is 7.82. The summed E-state index contributed by atoms with van der Waals surface area (Å²) in [7, 11) is 1.17. The Bertz CT molecular complexity index is 590. The highest BCUT2D eigenvalue weighted by molar-refractivity contribution is 6.49. The maximum Gasteiger partial charge on any atom is 0.274 e. The predicted octanol–water partition coefficient (Wildman–Crippen LogP) is 3.19. The lowest BCUT2D eigenvalue weighted by molar-refractivity contribution is 0.582. The van der Waals surface area contributed by atoms with Gasteiger partial charge in [-0.1, -0.05) is 12.1 Å². The van der Waals surface area contributed by atoms with E-state index in [0.29, 0.717) is 0 Å². The highest BCUT2D eigenvalue weighted by Gasteiger charge is 2.07. The Kier molecular flexibility index (Phi) is 4.16. The van der Waals surface area contributed by atoms with Crippen molar-refractivity contribution in [1.29, 1.82) is 0 Å². The molecule has 0 spiro atoms. The number of imidazole rings is 1. The maximum atomic E-state index is 5.87. The van der Waals surface area contributed by atoms with Crippen LogP contribution in [0.25, 0.3) is 0 Å². The van der Waals surface area contributed by atoms with Crippen molar-refractivity contribution in [3.05, 3.63) is 42.5 Å². The van der Waals surface area contributed by atoms with E-state index in [2.05, 4.69) is 23.1 Å². The van der Waals surface area contributed by atoms with Gasteiger partial charge in [0.2, 0.25) is 0 Å². The van der Waals surface area contributed by atoms with E-state index in [0.717, 1.165) is 22.8 Å². The molecular weight excluding hydrogens is 254 g/mol. The predicted molar refractivity (Wildman–Crippen MR) is 79.6 cm³/mol. The highest BCUT2D eigenvalue weighted by atomic mass is 28.3. The summed E-state index contributed by atoms with van der Waals surface area (Å²) in [6.07, 6.45) is 3.59. The lowest BCUT2D eigenvalue weighted by atomic mass is 10.2. The number of hydrogen-bond acceptors (Lipinski definition) is 3. The molecule has 1 aromatic carbocycles. The largest absolute Gasteiger partial charge is 0.541 e. The fraction of sp³-hybridized carbons (Fsp3) is 0.286. The number of rotatable bonds is 4. The van der Waals surface area contributed by atoms with Gasteiger partial charge in [-0.2, -0.15) is 0 Å². The molecule has 0 fully saturated rings. The number of hydrogen-bond donors (Lipinski definition) is 0. The van der Waals surface area contributed by atoms with Gasteiger partial charge in [-0.3, -0.25) is 0 Å². The summed E-state index contributed by atoms with van der Waals surface area (Å²) in [5.74, 6) is 0.850. The quantitative estimate of drug-likeness (QED) is 0.633. The summed E-state index contributed by atoms with van der Waals surface area (Å²) in [6.45, 7) is 6.20. The molecule has 0 aliphatic rings. The molecule has 0 atom stereocenters. The molecule has 1 aromatic heterocycles. The standard InChI is InChI=1S/C14H18N3OSi/c1-11(13-9-15-10-17(13)2)16-12-7-5-6-8-14(12)18-19(3)4/h5-10H,1-4H3. The first-order chi connectivity index (χ1) is 9.08. The molecule has 2 aromatic rings. The van der Waals surface area contributed by atoms with E-state index in [1.54, 1.807) is 6.33 Å². The summed E-state index contributed by atoms with van der Waals surface area (Å²) in [6, 6.07) is 7.88. The van der Waals surface area contributed by atoms with Crippen molar-refractivity contribution < 1.29 is 4.43 Å². The van der Waals surface area contributed by atoms with Gasteiger partial charge in [-0.25, -0.2) is 9.98 Å². The van der Waals surface area contributed by atoms with Gasteiger partial charge in [-0.05, 0) is 32.2 Å². The van der Waals surface area contributed by atoms with Gasteiger partial charge in [0.25, 0.3) is 9.04 Å². The third-order valence-corrected chi connectivity index (χ3v) is 3.28. The molecule has 19 heavy (non-hydrogen) atoms. The fourth-order valence-electron chi connectivity index (χ4n) is 1.80. The van der Waals surface area contributed by atoms with E-state index in [1.807, 2.05) is 49.0 Å². The first-order valence-electron chi connectivity index (χ1n) is 6.17. The van der Waals surface area contributed by atoms with Gasteiger partial charge < -0.3 is 8.99 Å². The second kappa shape index (κ2) is 5.84. The zero-order valence-electron chi connectivity index (χ0n) is 11.7. The zero-order chi connectivity index (χ0) is 13.8. The minimum Gasteiger partial charge on any atom is -0.541 e.